The van der Waals surface area contributed by atoms with Crippen molar-refractivity contribution in [2.45, 2.75) is 0 Å². The molecule has 0 N–H and O–H groups in total. The van der Waals surface area contributed by atoms with E-state index in [-0.39, 0.29) is 0 Å². The third kappa shape index (κ3) is 5.13. The molecule has 2 heteroatoms. The zero-order valence-corrected chi connectivity index (χ0v) is 24.6. The maximum absolute atomic E-state index is 3.72. The van der Waals surface area contributed by atoms with Crippen molar-refractivity contribution in [3.05, 3.63) is 174 Å². The van der Waals surface area contributed by atoms with Gasteiger partial charge in [0, 0.05) is 21.5 Å². The molecule has 7 rings (SSSR count). The molecule has 0 radical (unpaired) electrons. The minimum Gasteiger partial charge on any atom is -0.311 e. The fraction of sp³-hybridized carbons (Fsp3) is 0. The summed E-state index contributed by atoms with van der Waals surface area (Å²) in [6, 6.07) is 60.5. The third-order valence-electron chi connectivity index (χ3n) is 7.77. The first-order chi connectivity index (χ1) is 20.7. The topological polar surface area (TPSA) is 3.24 Å². The summed E-state index contributed by atoms with van der Waals surface area (Å²) in [5.74, 6) is 0. The molecule has 0 aromatic heterocycles. The van der Waals surface area contributed by atoms with Gasteiger partial charge in [0.2, 0.25) is 0 Å². The van der Waals surface area contributed by atoms with E-state index in [0.29, 0.717) is 0 Å². The van der Waals surface area contributed by atoms with Crippen molar-refractivity contribution in [3.8, 4) is 33.4 Å². The Kier molecular flexibility index (Phi) is 7.13. The molecule has 0 aliphatic carbocycles. The van der Waals surface area contributed by atoms with Gasteiger partial charge in [-0.25, -0.2) is 0 Å². The smallest absolute Gasteiger partial charge is 0.0462 e. The van der Waals surface area contributed by atoms with E-state index in [4.69, 9.17) is 0 Å². The largest absolute Gasteiger partial charge is 0.311 e. The first-order valence-electron chi connectivity index (χ1n) is 14.1. The second kappa shape index (κ2) is 11.5. The van der Waals surface area contributed by atoms with E-state index < -0.39 is 0 Å². The Labute approximate surface area is 255 Å². The number of hydrogen-bond acceptors (Lipinski definition) is 1. The maximum atomic E-state index is 3.72. The van der Waals surface area contributed by atoms with Gasteiger partial charge in [-0.05, 0) is 86.6 Å². The Morgan fingerprint density at radius 3 is 1.17 bits per heavy atom. The molecule has 0 amide bonds. The van der Waals surface area contributed by atoms with Gasteiger partial charge in [-0.15, -0.1) is 0 Å². The Morgan fingerprint density at radius 1 is 0.310 bits per heavy atom. The average Bonchev–Trinajstić information content (AvgIpc) is 3.07. The maximum Gasteiger partial charge on any atom is 0.0462 e. The second-order valence-electron chi connectivity index (χ2n) is 10.3. The molecule has 0 bridgehead atoms. The zero-order chi connectivity index (χ0) is 28.3. The normalized spacial score (nSPS) is 11.0. The van der Waals surface area contributed by atoms with Gasteiger partial charge in [0.15, 0.2) is 0 Å². The summed E-state index contributed by atoms with van der Waals surface area (Å²) in [6.45, 7) is 0. The summed E-state index contributed by atoms with van der Waals surface area (Å²) in [5.41, 5.74) is 10.6. The number of benzene rings is 7. The number of anilines is 3. The predicted octanol–water partition coefficient (Wildman–Crippen LogP) is 12.1. The van der Waals surface area contributed by atoms with Crippen LogP contribution in [0.4, 0.5) is 17.1 Å². The lowest BCUT2D eigenvalue weighted by Crippen LogP contribution is -2.09. The molecule has 0 atom stereocenters. The minimum absolute atomic E-state index is 1.11. The second-order valence-corrected chi connectivity index (χ2v) is 11.2. The lowest BCUT2D eigenvalue weighted by atomic mass is 9.98. The molecule has 0 spiro atoms. The highest BCUT2D eigenvalue weighted by molar-refractivity contribution is 9.10. The van der Waals surface area contributed by atoms with Crippen LogP contribution in [0.25, 0.3) is 44.2 Å². The molecule has 0 unspecified atom stereocenters. The highest BCUT2D eigenvalue weighted by atomic mass is 79.9. The lowest BCUT2D eigenvalue weighted by Gasteiger charge is -2.26. The number of halogens is 1. The monoisotopic (exact) mass is 601 g/mol. The molecule has 0 saturated carbocycles. The summed E-state index contributed by atoms with van der Waals surface area (Å²) in [5, 5.41) is 2.46. The van der Waals surface area contributed by atoms with E-state index in [0.717, 1.165) is 21.5 Å². The molecule has 7 aromatic rings. The minimum atomic E-state index is 1.11. The fourth-order valence-electron chi connectivity index (χ4n) is 5.62. The van der Waals surface area contributed by atoms with Gasteiger partial charge in [-0.1, -0.05) is 143 Å². The van der Waals surface area contributed by atoms with E-state index >= 15 is 0 Å². The van der Waals surface area contributed by atoms with Crippen LogP contribution in [-0.2, 0) is 0 Å². The van der Waals surface area contributed by atoms with Crippen LogP contribution in [0.15, 0.2) is 174 Å². The van der Waals surface area contributed by atoms with Gasteiger partial charge in [0.05, 0.1) is 0 Å². The molecule has 0 aliphatic rings. The average molecular weight is 603 g/mol. The molecule has 0 saturated heterocycles. The SMILES string of the molecule is Brc1ccc(-c2ccc(N(c3ccc(-c4ccccc4)cc3)c3ccc(-c4ccccc4)cc3)cc2)c2ccccc12. The molecule has 0 heterocycles. The molecular formula is C40H28BrN. The van der Waals surface area contributed by atoms with Crippen LogP contribution in [0.5, 0.6) is 0 Å². The van der Waals surface area contributed by atoms with Gasteiger partial charge in [0.1, 0.15) is 0 Å². The van der Waals surface area contributed by atoms with Crippen molar-refractivity contribution in [1.29, 1.82) is 0 Å². The number of hydrogen-bond donors (Lipinski definition) is 0. The molecule has 200 valence electrons. The van der Waals surface area contributed by atoms with Crippen LogP contribution in [0, 0.1) is 0 Å². The molecule has 7 aromatic carbocycles. The van der Waals surface area contributed by atoms with Crippen LogP contribution >= 0.6 is 15.9 Å². The van der Waals surface area contributed by atoms with Gasteiger partial charge in [0.25, 0.3) is 0 Å². The Morgan fingerprint density at radius 2 is 0.690 bits per heavy atom. The van der Waals surface area contributed by atoms with Crippen LogP contribution in [-0.4, -0.2) is 0 Å². The number of rotatable bonds is 6. The zero-order valence-electron chi connectivity index (χ0n) is 23.0. The summed E-state index contributed by atoms with van der Waals surface area (Å²) in [7, 11) is 0. The predicted molar refractivity (Wildman–Crippen MR) is 183 cm³/mol. The van der Waals surface area contributed by atoms with E-state index in [1.54, 1.807) is 0 Å². The van der Waals surface area contributed by atoms with Crippen molar-refractivity contribution in [1.82, 2.24) is 0 Å². The van der Waals surface area contributed by atoms with Crippen LogP contribution < -0.4 is 4.90 Å². The first-order valence-corrected chi connectivity index (χ1v) is 14.9. The Balaban J connectivity index is 1.29. The molecular weight excluding hydrogens is 574 g/mol. The van der Waals surface area contributed by atoms with Crippen LogP contribution in [0.1, 0.15) is 0 Å². The third-order valence-corrected chi connectivity index (χ3v) is 8.46. The molecule has 0 fully saturated rings. The summed E-state index contributed by atoms with van der Waals surface area (Å²) in [4.78, 5) is 2.33. The van der Waals surface area contributed by atoms with E-state index in [9.17, 15) is 0 Å². The molecule has 0 aliphatic heterocycles. The lowest BCUT2D eigenvalue weighted by molar-refractivity contribution is 1.28. The first kappa shape index (κ1) is 26.0. The molecule has 1 nitrogen and oxygen atoms in total. The van der Waals surface area contributed by atoms with Gasteiger partial charge >= 0.3 is 0 Å². The van der Waals surface area contributed by atoms with Crippen molar-refractivity contribution in [3.63, 3.8) is 0 Å². The fourth-order valence-corrected chi connectivity index (χ4v) is 6.10. The van der Waals surface area contributed by atoms with Crippen molar-refractivity contribution in [2.75, 3.05) is 4.90 Å². The van der Waals surface area contributed by atoms with Gasteiger partial charge in [-0.3, -0.25) is 0 Å². The Bertz CT molecular complexity index is 1860. The summed E-state index contributed by atoms with van der Waals surface area (Å²) >= 11 is 3.72. The Hall–Kier alpha value is -4.92. The van der Waals surface area contributed by atoms with Crippen LogP contribution in [0.2, 0.25) is 0 Å². The van der Waals surface area contributed by atoms with Gasteiger partial charge < -0.3 is 4.90 Å². The highest BCUT2D eigenvalue weighted by Gasteiger charge is 2.14. The van der Waals surface area contributed by atoms with E-state index in [1.807, 2.05) is 0 Å². The number of nitrogens with zero attached hydrogens (tertiary/aromatic N) is 1. The summed E-state index contributed by atoms with van der Waals surface area (Å²) < 4.78 is 1.11. The standard InChI is InChI=1S/C40H28BrN/c41-40-28-27-37(38-13-7-8-14-39(38)40)33-19-25-36(26-20-33)42(34-21-15-31(16-22-34)29-9-3-1-4-10-29)35-23-17-32(18-24-35)30-11-5-2-6-12-30/h1-28H. The van der Waals surface area contributed by atoms with Crippen molar-refractivity contribution in [2.24, 2.45) is 0 Å². The quantitative estimate of drug-likeness (QED) is 0.183. The van der Waals surface area contributed by atoms with Crippen molar-refractivity contribution >= 4 is 43.8 Å². The van der Waals surface area contributed by atoms with E-state index in [1.165, 1.54) is 44.2 Å². The summed E-state index contributed by atoms with van der Waals surface area (Å²) in [6.07, 6.45) is 0. The van der Waals surface area contributed by atoms with Crippen LogP contribution in [0.3, 0.4) is 0 Å². The van der Waals surface area contributed by atoms with E-state index in [2.05, 4.69) is 191 Å². The highest BCUT2D eigenvalue weighted by Crippen LogP contribution is 2.39. The number of fused-ring (bicyclic) bond motifs is 1. The van der Waals surface area contributed by atoms with Crippen molar-refractivity contribution < 1.29 is 0 Å². The molecule has 42 heavy (non-hydrogen) atoms. The van der Waals surface area contributed by atoms with Gasteiger partial charge in [-0.2, -0.15) is 0 Å².